The maximum atomic E-state index is 14.6. The lowest BCUT2D eigenvalue weighted by Crippen LogP contribution is -2.52. The Morgan fingerprint density at radius 1 is 0.826 bits per heavy atom. The van der Waals surface area contributed by atoms with Gasteiger partial charge in [-0.15, -0.1) is 56.7 Å². The minimum Gasteiger partial charge on any atom is -0.506 e. The second kappa shape index (κ2) is 23.6. The zero-order valence-electron chi connectivity index (χ0n) is 44.4. The molecule has 12 bridgehead atoms. The molecule has 8 aromatic rings. The van der Waals surface area contributed by atoms with Crippen LogP contribution in [0.25, 0.3) is 49.3 Å². The second-order valence-corrected chi connectivity index (χ2v) is 23.3. The third-order valence-corrected chi connectivity index (χ3v) is 17.9. The van der Waals surface area contributed by atoms with E-state index in [2.05, 4.69) is 53.1 Å². The number of nitrogens with zero attached hydrogens (tertiary/aromatic N) is 7. The fourth-order valence-corrected chi connectivity index (χ4v) is 13.3. The summed E-state index contributed by atoms with van der Waals surface area (Å²) in [4.78, 5) is 138. The van der Waals surface area contributed by atoms with E-state index in [0.717, 1.165) is 56.7 Å². The van der Waals surface area contributed by atoms with Crippen molar-refractivity contribution in [3.63, 3.8) is 0 Å². The van der Waals surface area contributed by atoms with Gasteiger partial charge in [-0.3, -0.25) is 28.8 Å². The quantitative estimate of drug-likeness (QED) is 0.0495. The molecule has 29 nitrogen and oxygen atoms in total. The zero-order valence-corrected chi connectivity index (χ0v) is 48.5. The van der Waals surface area contributed by atoms with Crippen LogP contribution in [0.1, 0.15) is 105 Å². The SMILES string of the molecule is C=C(NC(=O)c1csc(-c2nc3c(cc2O)-c2nc(cs2)C(=O)N[C@@H]([C@@H](C)O)C(=O)NC(=C(C)OC)c2nc(cs2)C(=O)N[C@@H]2c4nc(cs4)C(=O)N[C@@H](COC(=O)c4c5c6c(cccc6n4O)COC(=O)[C@@H](O)[C@H]2OC5)c2nc-3cs2)n1)C(N)=O. The van der Waals surface area contributed by atoms with Gasteiger partial charge in [0.2, 0.25) is 5.91 Å². The summed E-state index contributed by atoms with van der Waals surface area (Å²) in [6.07, 6.45) is -5.56. The number of carbonyl (C=O) groups is 8. The summed E-state index contributed by atoms with van der Waals surface area (Å²) in [7, 11) is 1.29. The first-order valence-corrected chi connectivity index (χ1v) is 29.5. The number of ether oxygens (including phenoxy) is 4. The molecule has 11 N–H and O–H groups in total. The Bertz CT molecular complexity index is 4200. The van der Waals surface area contributed by atoms with Crippen LogP contribution in [0.3, 0.4) is 0 Å². The molecule has 442 valence electrons. The lowest BCUT2D eigenvalue weighted by Gasteiger charge is -2.30. The van der Waals surface area contributed by atoms with Gasteiger partial charge < -0.3 is 71.8 Å². The predicted octanol–water partition coefficient (Wildman–Crippen LogP) is 3.05. The van der Waals surface area contributed by atoms with E-state index in [1.54, 1.807) is 6.07 Å². The summed E-state index contributed by atoms with van der Waals surface area (Å²) in [5.74, 6) is -8.39. The van der Waals surface area contributed by atoms with Crippen molar-refractivity contribution in [3.8, 4) is 38.4 Å². The molecule has 11 rings (SSSR count). The van der Waals surface area contributed by atoms with Crippen molar-refractivity contribution >= 4 is 121 Å². The number of aromatic hydroxyl groups is 1. The van der Waals surface area contributed by atoms with Crippen LogP contribution in [-0.4, -0.2) is 141 Å². The van der Waals surface area contributed by atoms with Crippen LogP contribution in [0.2, 0.25) is 0 Å². The van der Waals surface area contributed by atoms with Crippen LogP contribution >= 0.6 is 56.7 Å². The first-order valence-electron chi connectivity index (χ1n) is 25.1. The van der Waals surface area contributed by atoms with Crippen molar-refractivity contribution in [2.75, 3.05) is 13.7 Å². The Morgan fingerprint density at radius 2 is 1.49 bits per heavy atom. The predicted molar refractivity (Wildman–Crippen MR) is 304 cm³/mol. The van der Waals surface area contributed by atoms with Crippen LogP contribution in [0.4, 0.5) is 0 Å². The van der Waals surface area contributed by atoms with Crippen LogP contribution in [0.15, 0.2) is 69.2 Å². The van der Waals surface area contributed by atoms with Crippen molar-refractivity contribution < 1.29 is 77.8 Å². The minimum atomic E-state index is -2.20. The van der Waals surface area contributed by atoms with Gasteiger partial charge in [0, 0.05) is 43.4 Å². The summed E-state index contributed by atoms with van der Waals surface area (Å²) in [6.45, 7) is 4.37. The average Bonchev–Trinajstić information content (AvgIpc) is 1.82. The van der Waals surface area contributed by atoms with Crippen LogP contribution in [0, 0.1) is 0 Å². The number of esters is 2. The molecule has 34 heteroatoms. The lowest BCUT2D eigenvalue weighted by atomic mass is 10.0. The van der Waals surface area contributed by atoms with Gasteiger partial charge in [0.05, 0.1) is 31.0 Å². The number of pyridine rings is 1. The molecule has 0 saturated carbocycles. The molecule has 86 heavy (non-hydrogen) atoms. The number of aromatic nitrogens is 7. The standard InChI is InChI=1S/C52H43N13O16S5/c1-17(40(53)69)54-41(70)25-14-85-49(59-25)35-30(67)8-21-34(61-35)24-12-83-47(56-24)23-11-81-51(75)37-22-10-79-39(38(68)52(76)80-9-20-6-5-7-29(31(20)22)65(37)77)36(50-60-26(15-86-50)42(71)55-23)64-44(73)28-16-84-48(58-28)33(19(3)78-4)63-45(74)32(18(2)66)62-43(72)27-13-82-46(21)57-27/h5-8,12-16,18,23,32,36,38-39,66-68,77H,1,9-11H2,2-4H3,(H2,53,69)(H,54,70)(H,55,71)(H,62,72)(H,63,74)(H,64,73)/t18-,23+,32+,36+,38+,39+/m1/s1. The summed E-state index contributed by atoms with van der Waals surface area (Å²) in [5.41, 5.74) is 3.51. The van der Waals surface area contributed by atoms with Crippen LogP contribution in [0.5, 0.6) is 5.75 Å². The van der Waals surface area contributed by atoms with E-state index in [0.29, 0.717) is 10.3 Å². The summed E-state index contributed by atoms with van der Waals surface area (Å²) in [5, 5.41) is 66.3. The number of carbonyl (C=O) groups excluding carboxylic acids is 8. The van der Waals surface area contributed by atoms with E-state index >= 15 is 0 Å². The molecule has 0 radical (unpaired) electrons. The van der Waals surface area contributed by atoms with Crippen molar-refractivity contribution in [2.45, 2.75) is 63.5 Å². The van der Waals surface area contributed by atoms with Gasteiger partial charge in [-0.05, 0) is 31.5 Å². The highest BCUT2D eigenvalue weighted by Crippen LogP contribution is 2.42. The van der Waals surface area contributed by atoms with Crippen molar-refractivity contribution in [1.29, 1.82) is 0 Å². The largest absolute Gasteiger partial charge is 0.506 e. The molecule has 0 fully saturated rings. The topological polar surface area (TPSA) is 423 Å². The third-order valence-electron chi connectivity index (χ3n) is 13.5. The number of hydrogen-bond acceptors (Lipinski definition) is 27. The zero-order chi connectivity index (χ0) is 61.0. The Hall–Kier alpha value is -9.42. The first kappa shape index (κ1) is 58.4. The number of aliphatic hydroxyl groups excluding tert-OH is 2. The lowest BCUT2D eigenvalue weighted by molar-refractivity contribution is -0.166. The van der Waals surface area contributed by atoms with Crippen LogP contribution in [-0.2, 0) is 46.5 Å². The molecule has 0 spiro atoms. The number of amides is 6. The number of rotatable bonds is 6. The van der Waals surface area contributed by atoms with E-state index in [9.17, 15) is 58.9 Å². The third kappa shape index (κ3) is 11.1. The molecule has 0 saturated heterocycles. The second-order valence-electron chi connectivity index (χ2n) is 19.0. The molecule has 10 heterocycles. The number of allylic oxidation sites excluding steroid dienone is 1. The summed E-state index contributed by atoms with van der Waals surface area (Å²) >= 11 is 4.42. The van der Waals surface area contributed by atoms with Gasteiger partial charge in [-0.25, -0.2) is 39.5 Å². The van der Waals surface area contributed by atoms with Gasteiger partial charge in [0.15, 0.2) is 11.8 Å². The number of thiazole rings is 5. The number of nitrogens with one attached hydrogen (secondary N) is 5. The fourth-order valence-electron chi connectivity index (χ4n) is 9.07. The monoisotopic (exact) mass is 1270 g/mol. The maximum Gasteiger partial charge on any atom is 0.358 e. The molecule has 0 aliphatic carbocycles. The van der Waals surface area contributed by atoms with E-state index in [1.807, 2.05) is 0 Å². The van der Waals surface area contributed by atoms with Gasteiger partial charge in [-0.2, -0.15) is 4.73 Å². The van der Waals surface area contributed by atoms with E-state index < -0.39 is 121 Å². The number of primary amides is 1. The normalized spacial score (nSPS) is 20.2. The molecule has 0 unspecified atom stereocenters. The number of aliphatic hydroxyl groups is 2. The highest BCUT2D eigenvalue weighted by atomic mass is 32.1. The van der Waals surface area contributed by atoms with E-state index in [4.69, 9.17) is 34.6 Å². The number of benzene rings is 1. The summed E-state index contributed by atoms with van der Waals surface area (Å²) < 4.78 is 24.0. The van der Waals surface area contributed by atoms with E-state index in [-0.39, 0.29) is 98.4 Å². The summed E-state index contributed by atoms with van der Waals surface area (Å²) in [6, 6.07) is 1.18. The first-order chi connectivity index (χ1) is 41.2. The molecule has 3 aliphatic heterocycles. The number of cyclic esters (lactones) is 2. The fraction of sp³-hybridized carbons (Fsp3) is 0.231. The molecular weight excluding hydrogens is 1220 g/mol. The number of methoxy groups -OCH3 is 1. The van der Waals surface area contributed by atoms with Gasteiger partial charge in [0.25, 0.3) is 29.5 Å². The van der Waals surface area contributed by atoms with Gasteiger partial charge in [-0.1, -0.05) is 18.7 Å². The van der Waals surface area contributed by atoms with E-state index in [1.165, 1.54) is 66.1 Å². The molecule has 6 atom stereocenters. The average molecular weight is 1270 g/mol. The van der Waals surface area contributed by atoms with Crippen molar-refractivity contribution in [1.82, 2.24) is 61.2 Å². The number of fused-ring (bicyclic) bond motifs is 15. The minimum absolute atomic E-state index is 0.00373. The van der Waals surface area contributed by atoms with Crippen molar-refractivity contribution in [2.24, 2.45) is 5.73 Å². The Morgan fingerprint density at radius 3 is 2.23 bits per heavy atom. The van der Waals surface area contributed by atoms with Crippen LogP contribution < -0.4 is 32.3 Å². The highest BCUT2D eigenvalue weighted by molar-refractivity contribution is 7.14. The molecular formula is C52H43N13O16S5. The Balaban J connectivity index is 1.09. The van der Waals surface area contributed by atoms with Crippen molar-refractivity contribution in [3.05, 3.63) is 124 Å². The Labute approximate surface area is 502 Å². The highest BCUT2D eigenvalue weighted by Gasteiger charge is 2.42. The van der Waals surface area contributed by atoms with Gasteiger partial charge >= 0.3 is 11.9 Å². The molecule has 3 aliphatic rings. The number of nitrogens with two attached hydrogens (primary N) is 1. The number of hydrogen-bond donors (Lipinski definition) is 10. The molecule has 7 aromatic heterocycles. The Kier molecular flexibility index (Phi) is 16.0. The maximum absolute atomic E-state index is 14.6. The smallest absolute Gasteiger partial charge is 0.358 e. The van der Waals surface area contributed by atoms with Gasteiger partial charge in [0.1, 0.15) is 120 Å². The molecule has 6 amide bonds. The molecule has 1 aromatic carbocycles.